The molecule has 0 aliphatic carbocycles. The summed E-state index contributed by atoms with van der Waals surface area (Å²) in [6.45, 7) is 7.00. The maximum Gasteiger partial charge on any atom is 0.323 e. The lowest BCUT2D eigenvalue weighted by Gasteiger charge is -2.33. The van der Waals surface area contributed by atoms with E-state index in [0.29, 0.717) is 40.6 Å². The van der Waals surface area contributed by atoms with E-state index in [1.807, 2.05) is 20.2 Å². The predicted molar refractivity (Wildman–Crippen MR) is 109 cm³/mol. The Hall–Kier alpha value is -1.76. The number of halogens is 2. The lowest BCUT2D eigenvalue weighted by atomic mass is 10.0. The van der Waals surface area contributed by atoms with Crippen molar-refractivity contribution in [2.45, 2.75) is 33.4 Å². The van der Waals surface area contributed by atoms with Crippen molar-refractivity contribution in [2.75, 3.05) is 26.0 Å². The average molecular weight is 413 g/mol. The van der Waals surface area contributed by atoms with E-state index in [1.165, 1.54) is 0 Å². The number of aryl methyl sites for hydroxylation is 1. The fourth-order valence-corrected chi connectivity index (χ4v) is 3.21. The highest BCUT2D eigenvalue weighted by Crippen LogP contribution is 2.24. The van der Waals surface area contributed by atoms with Gasteiger partial charge in [-0.1, -0.05) is 48.3 Å². The van der Waals surface area contributed by atoms with Gasteiger partial charge in [0.05, 0.1) is 10.0 Å². The van der Waals surface area contributed by atoms with Crippen LogP contribution in [0.1, 0.15) is 25.2 Å². The number of amides is 2. The van der Waals surface area contributed by atoms with Gasteiger partial charge in [-0.05, 0) is 44.6 Å². The number of benzene rings is 1. The number of rotatable bonds is 7. The molecular weight excluding hydrogens is 387 g/mol. The summed E-state index contributed by atoms with van der Waals surface area (Å²) in [4.78, 5) is 16.8. The first-order valence-corrected chi connectivity index (χ1v) is 9.52. The van der Waals surface area contributed by atoms with Crippen LogP contribution in [-0.2, 0) is 6.54 Å². The molecule has 1 unspecified atom stereocenters. The van der Waals surface area contributed by atoms with Crippen molar-refractivity contribution in [1.82, 2.24) is 15.0 Å². The van der Waals surface area contributed by atoms with Gasteiger partial charge in [-0.2, -0.15) is 0 Å². The average Bonchev–Trinajstić information content (AvgIpc) is 2.98. The molecule has 0 spiro atoms. The summed E-state index contributed by atoms with van der Waals surface area (Å²) in [6, 6.07) is 7.02. The van der Waals surface area contributed by atoms with E-state index in [2.05, 4.69) is 29.2 Å². The molecule has 1 heterocycles. The van der Waals surface area contributed by atoms with E-state index in [-0.39, 0.29) is 12.1 Å². The second-order valence-corrected chi connectivity index (χ2v) is 7.97. The molecule has 0 aliphatic rings. The number of hydrogen-bond acceptors (Lipinski definition) is 4. The molecule has 1 aromatic heterocycles. The van der Waals surface area contributed by atoms with Gasteiger partial charge in [0.2, 0.25) is 0 Å². The molecule has 1 atom stereocenters. The number of urea groups is 1. The minimum absolute atomic E-state index is 0.192. The Morgan fingerprint density at radius 3 is 2.44 bits per heavy atom. The summed E-state index contributed by atoms with van der Waals surface area (Å²) >= 11 is 12.1. The molecule has 0 aliphatic heterocycles. The van der Waals surface area contributed by atoms with Crippen LogP contribution in [0.3, 0.4) is 0 Å². The fraction of sp³-hybridized carbons (Fsp3) is 0.474. The normalized spacial score (nSPS) is 12.5. The summed E-state index contributed by atoms with van der Waals surface area (Å²) in [6.07, 6.45) is 0. The highest BCUT2D eigenvalue weighted by Gasteiger charge is 2.24. The molecule has 6 nitrogen and oxygen atoms in total. The first-order chi connectivity index (χ1) is 12.7. The van der Waals surface area contributed by atoms with E-state index in [4.69, 9.17) is 27.7 Å². The molecule has 8 heteroatoms. The van der Waals surface area contributed by atoms with Gasteiger partial charge in [0, 0.05) is 25.2 Å². The van der Waals surface area contributed by atoms with Crippen LogP contribution in [0, 0.1) is 12.8 Å². The number of aromatic nitrogens is 1. The molecule has 0 fully saturated rings. The molecule has 2 amide bonds. The van der Waals surface area contributed by atoms with Crippen LogP contribution in [0.4, 0.5) is 10.6 Å². The second-order valence-electron chi connectivity index (χ2n) is 7.16. The molecule has 148 valence electrons. The third kappa shape index (κ3) is 6.13. The van der Waals surface area contributed by atoms with E-state index in [0.717, 1.165) is 5.56 Å². The predicted octanol–water partition coefficient (Wildman–Crippen LogP) is 4.91. The van der Waals surface area contributed by atoms with E-state index < -0.39 is 0 Å². The van der Waals surface area contributed by atoms with Crippen molar-refractivity contribution in [3.63, 3.8) is 0 Å². The van der Waals surface area contributed by atoms with Crippen LogP contribution in [-0.4, -0.2) is 47.7 Å². The number of hydrogen-bond donors (Lipinski definition) is 1. The summed E-state index contributed by atoms with van der Waals surface area (Å²) in [5, 5.41) is 7.59. The van der Waals surface area contributed by atoms with Crippen LogP contribution in [0.2, 0.25) is 10.0 Å². The molecule has 27 heavy (non-hydrogen) atoms. The van der Waals surface area contributed by atoms with Gasteiger partial charge in [-0.3, -0.25) is 5.32 Å². The van der Waals surface area contributed by atoms with Crippen LogP contribution >= 0.6 is 23.2 Å². The first kappa shape index (κ1) is 21.5. The van der Waals surface area contributed by atoms with Crippen LogP contribution in [0.5, 0.6) is 0 Å². The minimum atomic E-state index is -0.248. The van der Waals surface area contributed by atoms with Crippen LogP contribution in [0.15, 0.2) is 28.8 Å². The molecular formula is C19H26Cl2N4O2. The maximum atomic E-state index is 12.9. The number of carbonyl (C=O) groups excluding carboxylic acids is 1. The van der Waals surface area contributed by atoms with Gasteiger partial charge in [-0.25, -0.2) is 4.79 Å². The molecule has 0 saturated carbocycles. The van der Waals surface area contributed by atoms with E-state index >= 15 is 0 Å². The van der Waals surface area contributed by atoms with Crippen molar-refractivity contribution in [3.8, 4) is 0 Å². The topological polar surface area (TPSA) is 61.6 Å². The monoisotopic (exact) mass is 412 g/mol. The van der Waals surface area contributed by atoms with Gasteiger partial charge in [0.25, 0.3) is 0 Å². The van der Waals surface area contributed by atoms with Gasteiger partial charge >= 0.3 is 6.03 Å². The fourth-order valence-electron chi connectivity index (χ4n) is 2.89. The Bertz CT molecular complexity index is 769. The number of likely N-dealkylation sites (N-methyl/N-ethyl adjacent to an activating group) is 1. The Morgan fingerprint density at radius 1 is 1.22 bits per heavy atom. The molecule has 2 rings (SSSR count). The van der Waals surface area contributed by atoms with Gasteiger partial charge in [0.1, 0.15) is 5.76 Å². The smallest absolute Gasteiger partial charge is 0.323 e. The van der Waals surface area contributed by atoms with Crippen molar-refractivity contribution < 1.29 is 9.32 Å². The number of carbonyl (C=O) groups is 1. The summed E-state index contributed by atoms with van der Waals surface area (Å²) in [5.41, 5.74) is 0.900. The Labute approximate surface area is 170 Å². The standard InChI is InChI=1S/C19H26Cl2N4O2/c1-12(2)17(24(4)5)11-25(10-14-6-7-15(20)16(21)9-14)19(26)22-18-8-13(3)27-23-18/h6-9,12,17H,10-11H2,1-5H3,(H,22,23,26). The first-order valence-electron chi connectivity index (χ1n) is 8.77. The lowest BCUT2D eigenvalue weighted by molar-refractivity contribution is 0.155. The number of nitrogens with one attached hydrogen (secondary N) is 1. The second kappa shape index (κ2) is 9.44. The van der Waals surface area contributed by atoms with Gasteiger partial charge < -0.3 is 14.3 Å². The van der Waals surface area contributed by atoms with Crippen molar-refractivity contribution in [1.29, 1.82) is 0 Å². The zero-order chi connectivity index (χ0) is 20.1. The molecule has 1 N–H and O–H groups in total. The maximum absolute atomic E-state index is 12.9. The minimum Gasteiger partial charge on any atom is -0.360 e. The number of nitrogens with zero attached hydrogens (tertiary/aromatic N) is 3. The Balaban J connectivity index is 2.22. The van der Waals surface area contributed by atoms with Gasteiger partial charge in [0.15, 0.2) is 5.82 Å². The highest BCUT2D eigenvalue weighted by molar-refractivity contribution is 6.42. The summed E-state index contributed by atoms with van der Waals surface area (Å²) in [7, 11) is 4.03. The quantitative estimate of drug-likeness (QED) is 0.701. The highest BCUT2D eigenvalue weighted by atomic mass is 35.5. The number of anilines is 1. The zero-order valence-corrected chi connectivity index (χ0v) is 17.8. The van der Waals surface area contributed by atoms with E-state index in [9.17, 15) is 4.79 Å². The Morgan fingerprint density at radius 2 is 1.93 bits per heavy atom. The molecule has 0 radical (unpaired) electrons. The third-order valence-electron chi connectivity index (χ3n) is 4.35. The SMILES string of the molecule is Cc1cc(NC(=O)N(Cc2ccc(Cl)c(Cl)c2)CC(C(C)C)N(C)C)no1. The van der Waals surface area contributed by atoms with Crippen molar-refractivity contribution >= 4 is 35.1 Å². The largest absolute Gasteiger partial charge is 0.360 e. The molecule has 1 aromatic carbocycles. The van der Waals surface area contributed by atoms with Crippen molar-refractivity contribution in [3.05, 3.63) is 45.6 Å². The zero-order valence-electron chi connectivity index (χ0n) is 16.3. The molecule has 0 bridgehead atoms. The Kier molecular flexibility index (Phi) is 7.53. The molecule has 2 aromatic rings. The summed E-state index contributed by atoms with van der Waals surface area (Å²) < 4.78 is 5.03. The lowest BCUT2D eigenvalue weighted by Crippen LogP contribution is -2.46. The van der Waals surface area contributed by atoms with Crippen LogP contribution in [0.25, 0.3) is 0 Å². The van der Waals surface area contributed by atoms with E-state index in [1.54, 1.807) is 30.0 Å². The van der Waals surface area contributed by atoms with Crippen LogP contribution < -0.4 is 5.32 Å². The third-order valence-corrected chi connectivity index (χ3v) is 5.09. The van der Waals surface area contributed by atoms with Crippen molar-refractivity contribution in [2.24, 2.45) is 5.92 Å². The van der Waals surface area contributed by atoms with Gasteiger partial charge in [-0.15, -0.1) is 0 Å². The summed E-state index contributed by atoms with van der Waals surface area (Å²) in [5.74, 6) is 1.40. The molecule has 0 saturated heterocycles.